The van der Waals surface area contributed by atoms with Crippen LogP contribution in [0.4, 0.5) is 0 Å². The molecule has 0 radical (unpaired) electrons. The molecule has 1 aromatic carbocycles. The Labute approximate surface area is 181 Å². The van der Waals surface area contributed by atoms with Gasteiger partial charge in [-0.15, -0.1) is 0 Å². The average molecular weight is 431 g/mol. The van der Waals surface area contributed by atoms with Gasteiger partial charge in [0.15, 0.2) is 5.78 Å². The molecule has 3 rings (SSSR count). The van der Waals surface area contributed by atoms with Gasteiger partial charge >= 0.3 is 0 Å². The highest BCUT2D eigenvalue weighted by molar-refractivity contribution is 6.30. The van der Waals surface area contributed by atoms with Gasteiger partial charge in [-0.25, -0.2) is 0 Å². The highest BCUT2D eigenvalue weighted by Gasteiger charge is 2.33. The van der Waals surface area contributed by atoms with Crippen LogP contribution in [-0.2, 0) is 9.59 Å². The van der Waals surface area contributed by atoms with Crippen LogP contribution in [0.1, 0.15) is 55.6 Å². The molecule has 30 heavy (non-hydrogen) atoms. The molecule has 2 heterocycles. The molecule has 0 spiro atoms. The predicted molar refractivity (Wildman–Crippen MR) is 115 cm³/mol. The summed E-state index contributed by atoms with van der Waals surface area (Å²) in [6.45, 7) is 2.58. The number of aromatic nitrogens is 2. The maximum atomic E-state index is 13.1. The van der Waals surface area contributed by atoms with Crippen LogP contribution < -0.4 is 5.32 Å². The number of nitrogens with zero attached hydrogens (tertiary/aromatic N) is 3. The molecule has 7 nitrogen and oxygen atoms in total. The Morgan fingerprint density at radius 2 is 1.97 bits per heavy atom. The molecule has 1 aromatic heterocycles. The maximum absolute atomic E-state index is 13.1. The van der Waals surface area contributed by atoms with Crippen LogP contribution in [0.25, 0.3) is 11.3 Å². The Bertz CT molecular complexity index is 923. The zero-order valence-electron chi connectivity index (χ0n) is 17.4. The van der Waals surface area contributed by atoms with Crippen molar-refractivity contribution in [2.24, 2.45) is 0 Å². The number of benzene rings is 1. The Balaban J connectivity index is 1.82. The first kappa shape index (κ1) is 22.0. The number of carbonyl (C=O) groups excluding carboxylic acids is 3. The second-order valence-electron chi connectivity index (χ2n) is 7.56. The fraction of sp³-hybridized carbons (Fsp3) is 0.455. The molecular weight excluding hydrogens is 404 g/mol. The van der Waals surface area contributed by atoms with E-state index in [1.54, 1.807) is 30.1 Å². The lowest BCUT2D eigenvalue weighted by atomic mass is 10.1. The van der Waals surface area contributed by atoms with E-state index >= 15 is 0 Å². The van der Waals surface area contributed by atoms with Crippen molar-refractivity contribution in [3.05, 3.63) is 41.0 Å². The van der Waals surface area contributed by atoms with Crippen LogP contribution in [-0.4, -0.2) is 52.4 Å². The maximum Gasteiger partial charge on any atom is 0.272 e. The second kappa shape index (κ2) is 9.89. The minimum Gasteiger partial charge on any atom is -0.359 e. The number of unbranched alkanes of at least 4 members (excludes halogenated alkanes) is 1. The summed E-state index contributed by atoms with van der Waals surface area (Å²) < 4.78 is 1.81. The number of nitrogens with one attached hydrogen (secondary N) is 1. The minimum absolute atomic E-state index is 0.0138. The number of amides is 2. The van der Waals surface area contributed by atoms with Crippen molar-refractivity contribution in [3.8, 4) is 11.3 Å². The molecule has 160 valence electrons. The first-order valence-electron chi connectivity index (χ1n) is 10.3. The van der Waals surface area contributed by atoms with Gasteiger partial charge in [0.25, 0.3) is 5.91 Å². The number of hydrogen-bond acceptors (Lipinski definition) is 4. The van der Waals surface area contributed by atoms with Gasteiger partial charge in [-0.3, -0.25) is 19.1 Å². The summed E-state index contributed by atoms with van der Waals surface area (Å²) in [6, 6.07) is 9.15. The van der Waals surface area contributed by atoms with Crippen LogP contribution in [0, 0.1) is 0 Å². The largest absolute Gasteiger partial charge is 0.359 e. The molecule has 1 atom stereocenters. The van der Waals surface area contributed by atoms with E-state index in [1.165, 1.54) is 0 Å². The highest BCUT2D eigenvalue weighted by atomic mass is 35.5. The zero-order chi connectivity index (χ0) is 21.7. The van der Waals surface area contributed by atoms with Crippen molar-refractivity contribution in [2.45, 2.75) is 45.1 Å². The average Bonchev–Trinajstić information content (AvgIpc) is 3.19. The second-order valence-corrected chi connectivity index (χ2v) is 8.00. The lowest BCUT2D eigenvalue weighted by Crippen LogP contribution is -2.45. The third kappa shape index (κ3) is 5.08. The summed E-state index contributed by atoms with van der Waals surface area (Å²) in [6.07, 6.45) is 3.18. The van der Waals surface area contributed by atoms with E-state index in [4.69, 9.17) is 16.7 Å². The van der Waals surface area contributed by atoms with E-state index in [1.807, 2.05) is 16.8 Å². The molecule has 0 saturated heterocycles. The van der Waals surface area contributed by atoms with Gasteiger partial charge in [0.05, 0.1) is 18.3 Å². The number of Topliss-reactive ketones (excluding diaryl/α,β-unsaturated/α-hetero) is 1. The number of fused-ring (bicyclic) bond motifs is 1. The van der Waals surface area contributed by atoms with Crippen LogP contribution in [0.5, 0.6) is 0 Å². The van der Waals surface area contributed by atoms with Crippen LogP contribution in [0.3, 0.4) is 0 Å². The van der Waals surface area contributed by atoms with Gasteiger partial charge in [-0.05, 0) is 24.6 Å². The topological polar surface area (TPSA) is 84.3 Å². The molecule has 0 bridgehead atoms. The van der Waals surface area contributed by atoms with Crippen molar-refractivity contribution in [2.75, 3.05) is 20.1 Å². The van der Waals surface area contributed by atoms with Crippen LogP contribution >= 0.6 is 11.6 Å². The fourth-order valence-electron chi connectivity index (χ4n) is 3.63. The molecule has 8 heteroatoms. The van der Waals surface area contributed by atoms with E-state index in [-0.39, 0.29) is 43.0 Å². The highest BCUT2D eigenvalue weighted by Crippen LogP contribution is 2.29. The Morgan fingerprint density at radius 1 is 1.23 bits per heavy atom. The number of halogens is 1. The molecule has 0 fully saturated rings. The number of carbonyl (C=O) groups is 3. The standard InChI is InChI=1S/C22H27ClN4O3/c1-3-4-5-17-13-26(14-18(28)10-11-21(29)24-2)22(30)20-12-19(25-27(17)20)15-6-8-16(23)9-7-15/h6-9,12,17H,3-5,10-11,13-14H2,1-2H3,(H,24,29). The zero-order valence-corrected chi connectivity index (χ0v) is 18.1. The minimum atomic E-state index is -0.205. The van der Waals surface area contributed by atoms with Crippen molar-refractivity contribution in [1.82, 2.24) is 20.0 Å². The summed E-state index contributed by atoms with van der Waals surface area (Å²) in [5, 5.41) is 7.85. The molecule has 1 unspecified atom stereocenters. The summed E-state index contributed by atoms with van der Waals surface area (Å²) >= 11 is 5.98. The number of ketones is 1. The van der Waals surface area contributed by atoms with Crippen LogP contribution in [0.2, 0.25) is 5.02 Å². The third-order valence-corrected chi connectivity index (χ3v) is 5.58. The third-order valence-electron chi connectivity index (χ3n) is 5.33. The van der Waals surface area contributed by atoms with Gasteiger partial charge in [-0.2, -0.15) is 5.10 Å². The van der Waals surface area contributed by atoms with Gasteiger partial charge in [-0.1, -0.05) is 43.5 Å². The fourth-order valence-corrected chi connectivity index (χ4v) is 3.76. The molecule has 1 N–H and O–H groups in total. The summed E-state index contributed by atoms with van der Waals surface area (Å²) in [7, 11) is 1.54. The lowest BCUT2D eigenvalue weighted by molar-refractivity contribution is -0.125. The molecular formula is C22H27ClN4O3. The molecule has 0 aliphatic carbocycles. The van der Waals surface area contributed by atoms with Crippen molar-refractivity contribution < 1.29 is 14.4 Å². The van der Waals surface area contributed by atoms with Crippen molar-refractivity contribution in [1.29, 1.82) is 0 Å². The monoisotopic (exact) mass is 430 g/mol. The van der Waals surface area contributed by atoms with Crippen molar-refractivity contribution in [3.63, 3.8) is 0 Å². The van der Waals surface area contributed by atoms with E-state index in [0.29, 0.717) is 23.0 Å². The molecule has 2 amide bonds. The van der Waals surface area contributed by atoms with Crippen LogP contribution in [0.15, 0.2) is 30.3 Å². The summed E-state index contributed by atoms with van der Waals surface area (Å²) in [4.78, 5) is 38.4. The normalized spacial score (nSPS) is 15.8. The molecule has 2 aromatic rings. The van der Waals surface area contributed by atoms with E-state index in [2.05, 4.69) is 12.2 Å². The Hall–Kier alpha value is -2.67. The number of hydrogen-bond donors (Lipinski definition) is 1. The molecule has 0 saturated carbocycles. The van der Waals surface area contributed by atoms with E-state index < -0.39 is 0 Å². The van der Waals surface area contributed by atoms with Crippen molar-refractivity contribution >= 4 is 29.2 Å². The first-order valence-corrected chi connectivity index (χ1v) is 10.7. The van der Waals surface area contributed by atoms with Gasteiger partial charge in [0.1, 0.15) is 5.69 Å². The first-order chi connectivity index (χ1) is 14.4. The van der Waals surface area contributed by atoms with E-state index in [0.717, 1.165) is 24.8 Å². The quantitative estimate of drug-likeness (QED) is 0.660. The molecule has 1 aliphatic heterocycles. The van der Waals surface area contributed by atoms with Gasteiger partial charge in [0.2, 0.25) is 5.91 Å². The predicted octanol–water partition coefficient (Wildman–Crippen LogP) is 3.49. The smallest absolute Gasteiger partial charge is 0.272 e. The molecule has 1 aliphatic rings. The SMILES string of the molecule is CCCCC1CN(CC(=O)CCC(=O)NC)C(=O)c2cc(-c3ccc(Cl)cc3)nn21. The Morgan fingerprint density at radius 3 is 2.63 bits per heavy atom. The number of rotatable bonds is 9. The van der Waals surface area contributed by atoms with E-state index in [9.17, 15) is 14.4 Å². The summed E-state index contributed by atoms with van der Waals surface area (Å²) in [5.74, 6) is -0.504. The Kier molecular flexibility index (Phi) is 7.26. The summed E-state index contributed by atoms with van der Waals surface area (Å²) in [5.41, 5.74) is 2.09. The lowest BCUT2D eigenvalue weighted by Gasteiger charge is -2.33. The van der Waals surface area contributed by atoms with Gasteiger partial charge < -0.3 is 10.2 Å². The van der Waals surface area contributed by atoms with Gasteiger partial charge in [0, 0.05) is 37.0 Å².